The average Bonchev–Trinajstić information content (AvgIpc) is 3.49. The van der Waals surface area contributed by atoms with Gasteiger partial charge in [-0.2, -0.15) is 5.10 Å². The molecule has 6 rings (SSSR count). The van der Waals surface area contributed by atoms with Gasteiger partial charge in [0.05, 0.1) is 28.9 Å². The number of fused-ring (bicyclic) bond motifs is 2. The maximum Gasteiger partial charge on any atom is 0.226 e. The highest BCUT2D eigenvalue weighted by Gasteiger charge is 2.37. The summed E-state index contributed by atoms with van der Waals surface area (Å²) in [5, 5.41) is 12.4. The lowest BCUT2D eigenvalue weighted by molar-refractivity contribution is -0.121. The monoisotopic (exact) mass is 580 g/mol. The lowest BCUT2D eigenvalue weighted by Gasteiger charge is -2.37. The van der Waals surface area contributed by atoms with E-state index in [9.17, 15) is 4.79 Å². The number of aromatic amines is 1. The fourth-order valence-corrected chi connectivity index (χ4v) is 6.17. The number of aryl methyl sites for hydroxylation is 1. The van der Waals surface area contributed by atoms with Crippen molar-refractivity contribution in [3.63, 3.8) is 0 Å². The lowest BCUT2D eigenvalue weighted by atomic mass is 9.88. The summed E-state index contributed by atoms with van der Waals surface area (Å²) < 4.78 is 6.36. The summed E-state index contributed by atoms with van der Waals surface area (Å²) in [6.07, 6.45) is 3.87. The van der Waals surface area contributed by atoms with Crippen LogP contribution in [0, 0.1) is 0 Å². The number of nitrogens with one attached hydrogen (secondary N) is 2. The van der Waals surface area contributed by atoms with Crippen LogP contribution in [0.5, 0.6) is 5.88 Å². The van der Waals surface area contributed by atoms with E-state index >= 15 is 0 Å². The molecule has 6 nitrogen and oxygen atoms in total. The number of halogens is 3. The van der Waals surface area contributed by atoms with Crippen LogP contribution in [0.2, 0.25) is 15.1 Å². The first-order valence-electron chi connectivity index (χ1n) is 13.0. The van der Waals surface area contributed by atoms with Gasteiger partial charge in [0.25, 0.3) is 0 Å². The van der Waals surface area contributed by atoms with Crippen molar-refractivity contribution in [2.75, 3.05) is 0 Å². The second-order valence-corrected chi connectivity index (χ2v) is 12.0. The fourth-order valence-electron chi connectivity index (χ4n) is 5.55. The number of carbonyl (C=O) groups excluding carboxylic acids is 1. The first-order chi connectivity index (χ1) is 18.7. The van der Waals surface area contributed by atoms with E-state index in [2.05, 4.69) is 15.5 Å². The number of hydrogen-bond acceptors (Lipinski definition) is 4. The van der Waals surface area contributed by atoms with Crippen molar-refractivity contribution in [3.05, 3.63) is 86.1 Å². The molecular formula is C30H27Cl3N4O2. The first-order valence-corrected chi connectivity index (χ1v) is 14.1. The van der Waals surface area contributed by atoms with Crippen molar-refractivity contribution < 1.29 is 9.53 Å². The quantitative estimate of drug-likeness (QED) is 0.255. The summed E-state index contributed by atoms with van der Waals surface area (Å²) in [4.78, 5) is 18.3. The third-order valence-corrected chi connectivity index (χ3v) is 8.16. The molecule has 2 aromatic carbocycles. The molecule has 0 spiro atoms. The standard InChI is InChI=1S/C30H27Cl3N4O2/c1-30(2)15-26(34-27(38)14-25-20-4-3-5-24(20)36-37-25)22-13-21(16-6-8-17(31)9-7-16)28(35-29(22)39-30)19-11-10-18(32)12-23(19)33/h6-13,26H,3-5,14-15H2,1-2H3,(H,34,38)(H,36,37)/t26-/m1/s1. The summed E-state index contributed by atoms with van der Waals surface area (Å²) in [6.45, 7) is 4.00. The van der Waals surface area contributed by atoms with Crippen molar-refractivity contribution in [2.45, 2.75) is 57.6 Å². The molecule has 2 aromatic heterocycles. The van der Waals surface area contributed by atoms with Crippen molar-refractivity contribution in [1.29, 1.82) is 0 Å². The van der Waals surface area contributed by atoms with Crippen LogP contribution < -0.4 is 10.1 Å². The molecule has 0 unspecified atom stereocenters. The molecule has 0 fully saturated rings. The number of hydrogen-bond donors (Lipinski definition) is 2. The van der Waals surface area contributed by atoms with Gasteiger partial charge in [-0.25, -0.2) is 4.98 Å². The Hall–Kier alpha value is -3.06. The van der Waals surface area contributed by atoms with E-state index in [1.54, 1.807) is 12.1 Å². The van der Waals surface area contributed by atoms with E-state index in [1.807, 2.05) is 50.2 Å². The van der Waals surface area contributed by atoms with Crippen LogP contribution in [0.4, 0.5) is 0 Å². The third kappa shape index (κ3) is 5.25. The maximum atomic E-state index is 13.3. The molecule has 2 aliphatic rings. The second kappa shape index (κ2) is 10.2. The zero-order valence-electron chi connectivity index (χ0n) is 21.6. The van der Waals surface area contributed by atoms with Gasteiger partial charge in [-0.1, -0.05) is 46.9 Å². The predicted octanol–water partition coefficient (Wildman–Crippen LogP) is 7.55. The third-order valence-electron chi connectivity index (χ3n) is 7.36. The Kier molecular flexibility index (Phi) is 6.82. The largest absolute Gasteiger partial charge is 0.471 e. The average molecular weight is 582 g/mol. The van der Waals surface area contributed by atoms with Crippen LogP contribution in [0.1, 0.15) is 55.2 Å². The van der Waals surface area contributed by atoms with Crippen LogP contribution in [0.15, 0.2) is 48.5 Å². The lowest BCUT2D eigenvalue weighted by Crippen LogP contribution is -2.42. The highest BCUT2D eigenvalue weighted by Crippen LogP contribution is 2.45. The van der Waals surface area contributed by atoms with Gasteiger partial charge in [0, 0.05) is 38.9 Å². The van der Waals surface area contributed by atoms with E-state index in [0.717, 1.165) is 52.9 Å². The van der Waals surface area contributed by atoms with Crippen LogP contribution >= 0.6 is 34.8 Å². The zero-order valence-corrected chi connectivity index (χ0v) is 23.8. The smallest absolute Gasteiger partial charge is 0.226 e. The number of H-pyrrole nitrogens is 1. The van der Waals surface area contributed by atoms with Crippen molar-refractivity contribution in [2.24, 2.45) is 0 Å². The van der Waals surface area contributed by atoms with Crippen LogP contribution in [0.25, 0.3) is 22.4 Å². The number of ether oxygens (including phenoxy) is 1. The number of nitrogens with zero attached hydrogens (tertiary/aromatic N) is 2. The molecule has 0 bridgehead atoms. The molecule has 1 amide bonds. The number of aromatic nitrogens is 3. The summed E-state index contributed by atoms with van der Waals surface area (Å²) >= 11 is 19.0. The molecule has 0 radical (unpaired) electrons. The van der Waals surface area contributed by atoms with Crippen molar-refractivity contribution in [1.82, 2.24) is 20.5 Å². The van der Waals surface area contributed by atoms with Gasteiger partial charge < -0.3 is 10.1 Å². The molecule has 0 saturated heterocycles. The Morgan fingerprint density at radius 1 is 1.05 bits per heavy atom. The van der Waals surface area contributed by atoms with E-state index in [4.69, 9.17) is 44.5 Å². The van der Waals surface area contributed by atoms with E-state index in [0.29, 0.717) is 33.1 Å². The van der Waals surface area contributed by atoms with Gasteiger partial charge >= 0.3 is 0 Å². The SMILES string of the molecule is CC1(C)C[C@@H](NC(=O)Cc2n[nH]c3c2CCC3)c2cc(-c3ccc(Cl)cc3)c(-c3ccc(Cl)cc3Cl)nc2O1. The number of amides is 1. The minimum atomic E-state index is -0.547. The fraction of sp³-hybridized carbons (Fsp3) is 0.300. The second-order valence-electron chi connectivity index (χ2n) is 10.8. The topological polar surface area (TPSA) is 79.9 Å². The van der Waals surface area contributed by atoms with E-state index in [1.165, 1.54) is 5.56 Å². The van der Waals surface area contributed by atoms with Crippen LogP contribution in [-0.2, 0) is 24.1 Å². The Balaban J connectivity index is 1.41. The van der Waals surface area contributed by atoms with E-state index < -0.39 is 5.60 Å². The summed E-state index contributed by atoms with van der Waals surface area (Å²) in [5.41, 5.74) is 6.60. The molecule has 0 saturated carbocycles. The molecule has 3 heterocycles. The summed E-state index contributed by atoms with van der Waals surface area (Å²) in [6, 6.07) is 14.6. The van der Waals surface area contributed by atoms with Gasteiger partial charge in [0.1, 0.15) is 5.60 Å². The maximum absolute atomic E-state index is 13.3. The van der Waals surface area contributed by atoms with Gasteiger partial charge in [-0.3, -0.25) is 9.89 Å². The molecule has 1 atom stereocenters. The van der Waals surface area contributed by atoms with Crippen molar-refractivity contribution >= 4 is 40.7 Å². The highest BCUT2D eigenvalue weighted by molar-refractivity contribution is 6.36. The predicted molar refractivity (Wildman–Crippen MR) is 155 cm³/mol. The van der Waals surface area contributed by atoms with Gasteiger partial charge in [-0.05, 0) is 80.6 Å². The Morgan fingerprint density at radius 2 is 1.82 bits per heavy atom. The highest BCUT2D eigenvalue weighted by atomic mass is 35.5. The molecule has 1 aliphatic heterocycles. The summed E-state index contributed by atoms with van der Waals surface area (Å²) in [7, 11) is 0. The van der Waals surface area contributed by atoms with E-state index in [-0.39, 0.29) is 18.4 Å². The number of carbonyl (C=O) groups is 1. The number of rotatable bonds is 5. The minimum Gasteiger partial charge on any atom is -0.471 e. The van der Waals surface area contributed by atoms with Gasteiger partial charge in [0.2, 0.25) is 11.8 Å². The van der Waals surface area contributed by atoms with Gasteiger partial charge in [-0.15, -0.1) is 0 Å². The number of benzene rings is 2. The minimum absolute atomic E-state index is 0.0808. The first kappa shape index (κ1) is 26.2. The molecule has 2 N–H and O–H groups in total. The van der Waals surface area contributed by atoms with Gasteiger partial charge in [0.15, 0.2) is 0 Å². The van der Waals surface area contributed by atoms with Crippen LogP contribution in [-0.4, -0.2) is 26.7 Å². The summed E-state index contributed by atoms with van der Waals surface area (Å²) in [5.74, 6) is 0.388. The number of pyridine rings is 1. The molecule has 39 heavy (non-hydrogen) atoms. The Labute approximate surface area is 242 Å². The van der Waals surface area contributed by atoms with Crippen LogP contribution in [0.3, 0.4) is 0 Å². The molecule has 9 heteroatoms. The zero-order chi connectivity index (χ0) is 27.3. The molecule has 1 aliphatic carbocycles. The van der Waals surface area contributed by atoms with Crippen molar-refractivity contribution in [3.8, 4) is 28.3 Å². The molecular weight excluding hydrogens is 555 g/mol. The molecule has 4 aromatic rings. The Morgan fingerprint density at radius 3 is 2.59 bits per heavy atom. The normalized spacial score (nSPS) is 17.3. The molecule has 200 valence electrons. The Bertz CT molecular complexity index is 1580.